The normalized spacial score (nSPS) is 22.2. The topological polar surface area (TPSA) is 72.6 Å². The van der Waals surface area contributed by atoms with Crippen LogP contribution < -0.4 is 5.73 Å². The molecule has 17 heavy (non-hydrogen) atoms. The molecule has 1 unspecified atom stereocenters. The van der Waals surface area contributed by atoms with Crippen LogP contribution in [-0.4, -0.2) is 43.5 Å². The minimum atomic E-state index is -0.547. The molecule has 1 aliphatic rings. The number of nitrogens with two attached hydrogens (primary N) is 1. The Morgan fingerprint density at radius 1 is 1.47 bits per heavy atom. The number of esters is 1. The van der Waals surface area contributed by atoms with E-state index in [1.54, 1.807) is 0 Å². The first-order chi connectivity index (χ1) is 7.86. The van der Waals surface area contributed by atoms with Crippen LogP contribution in [0.25, 0.3) is 0 Å². The van der Waals surface area contributed by atoms with Crippen LogP contribution in [0, 0.1) is 11.3 Å². The maximum Gasteiger partial charge on any atom is 0.312 e. The van der Waals surface area contributed by atoms with Gasteiger partial charge in [-0.3, -0.25) is 9.59 Å². The first-order valence-electron chi connectivity index (χ1n) is 5.97. The summed E-state index contributed by atoms with van der Waals surface area (Å²) in [4.78, 5) is 24.9. The van der Waals surface area contributed by atoms with Crippen molar-refractivity contribution < 1.29 is 14.3 Å². The van der Waals surface area contributed by atoms with E-state index in [0.717, 1.165) is 19.4 Å². The number of carbonyl (C=O) groups is 2. The molecule has 1 fully saturated rings. The maximum absolute atomic E-state index is 11.6. The van der Waals surface area contributed by atoms with E-state index in [1.807, 2.05) is 13.8 Å². The summed E-state index contributed by atoms with van der Waals surface area (Å²) in [6, 6.07) is 0. The number of methoxy groups -OCH3 is 1. The monoisotopic (exact) mass is 242 g/mol. The summed E-state index contributed by atoms with van der Waals surface area (Å²) in [5.74, 6) is -0.554. The Labute approximate surface area is 102 Å². The average Bonchev–Trinajstić information content (AvgIpc) is 2.27. The smallest absolute Gasteiger partial charge is 0.312 e. The van der Waals surface area contributed by atoms with Crippen molar-refractivity contribution in [3.8, 4) is 0 Å². The first-order valence-corrected chi connectivity index (χ1v) is 5.97. The zero-order chi connectivity index (χ0) is 13.1. The van der Waals surface area contributed by atoms with Crippen molar-refractivity contribution in [1.82, 2.24) is 4.90 Å². The summed E-state index contributed by atoms with van der Waals surface area (Å²) < 4.78 is 4.77. The van der Waals surface area contributed by atoms with E-state index in [-0.39, 0.29) is 17.8 Å². The summed E-state index contributed by atoms with van der Waals surface area (Å²) in [7, 11) is 1.40. The van der Waals surface area contributed by atoms with Gasteiger partial charge in [0, 0.05) is 13.1 Å². The van der Waals surface area contributed by atoms with E-state index < -0.39 is 5.41 Å². The number of nitrogens with zero attached hydrogens (tertiary/aromatic N) is 1. The lowest BCUT2D eigenvalue weighted by Gasteiger charge is -2.35. The second-order valence-corrected chi connectivity index (χ2v) is 5.35. The third-order valence-electron chi connectivity index (χ3n) is 3.26. The minimum absolute atomic E-state index is 0.0859. The molecule has 5 heteroatoms. The standard InChI is InChI=1S/C12H22N2O3/c1-12(2,11(16)17-3)8-14-6-4-5-9(7-14)10(13)15/h9H,4-8H2,1-3H3,(H2,13,15). The summed E-state index contributed by atoms with van der Waals surface area (Å²) in [6.45, 7) is 5.86. The highest BCUT2D eigenvalue weighted by atomic mass is 16.5. The number of hydrogen-bond donors (Lipinski definition) is 1. The molecule has 2 N–H and O–H groups in total. The molecule has 98 valence electrons. The Kier molecular flexibility index (Phi) is 4.51. The zero-order valence-corrected chi connectivity index (χ0v) is 10.9. The van der Waals surface area contributed by atoms with Crippen LogP contribution in [0.2, 0.25) is 0 Å². The van der Waals surface area contributed by atoms with Gasteiger partial charge in [0.05, 0.1) is 18.4 Å². The van der Waals surface area contributed by atoms with Gasteiger partial charge in [0.15, 0.2) is 0 Å². The van der Waals surface area contributed by atoms with E-state index in [4.69, 9.17) is 10.5 Å². The van der Waals surface area contributed by atoms with Crippen LogP contribution in [0.5, 0.6) is 0 Å². The lowest BCUT2D eigenvalue weighted by molar-refractivity contribution is -0.152. The number of piperidine rings is 1. The lowest BCUT2D eigenvalue weighted by atomic mass is 9.90. The summed E-state index contributed by atoms with van der Waals surface area (Å²) in [6.07, 6.45) is 1.80. The molecule has 1 heterocycles. The fraction of sp³-hybridized carbons (Fsp3) is 0.833. The van der Waals surface area contributed by atoms with Gasteiger partial charge in [-0.05, 0) is 33.2 Å². The maximum atomic E-state index is 11.6. The van der Waals surface area contributed by atoms with Gasteiger partial charge in [-0.25, -0.2) is 0 Å². The predicted molar refractivity (Wildman–Crippen MR) is 64.2 cm³/mol. The molecule has 0 aromatic rings. The molecule has 0 aromatic carbocycles. The van der Waals surface area contributed by atoms with Crippen molar-refractivity contribution in [3.63, 3.8) is 0 Å². The largest absolute Gasteiger partial charge is 0.469 e. The van der Waals surface area contributed by atoms with Gasteiger partial charge in [-0.1, -0.05) is 0 Å². The van der Waals surface area contributed by atoms with Gasteiger partial charge in [0.2, 0.25) is 5.91 Å². The van der Waals surface area contributed by atoms with Crippen molar-refractivity contribution >= 4 is 11.9 Å². The Balaban J connectivity index is 2.56. The molecular formula is C12H22N2O3. The Morgan fingerprint density at radius 2 is 2.12 bits per heavy atom. The molecule has 1 amide bonds. The van der Waals surface area contributed by atoms with Crippen molar-refractivity contribution in [2.45, 2.75) is 26.7 Å². The molecule has 5 nitrogen and oxygen atoms in total. The Hall–Kier alpha value is -1.10. The second-order valence-electron chi connectivity index (χ2n) is 5.35. The molecule has 0 aromatic heterocycles. The first kappa shape index (κ1) is 14.0. The number of likely N-dealkylation sites (tertiary alicyclic amines) is 1. The quantitative estimate of drug-likeness (QED) is 0.723. The van der Waals surface area contributed by atoms with Crippen LogP contribution in [0.3, 0.4) is 0 Å². The van der Waals surface area contributed by atoms with Gasteiger partial charge in [0.25, 0.3) is 0 Å². The molecule has 0 spiro atoms. The average molecular weight is 242 g/mol. The second kappa shape index (κ2) is 5.49. The van der Waals surface area contributed by atoms with Crippen molar-refractivity contribution in [1.29, 1.82) is 0 Å². The summed E-state index contributed by atoms with van der Waals surface area (Å²) in [5.41, 5.74) is 4.77. The molecule has 1 atom stereocenters. The molecule has 0 radical (unpaired) electrons. The predicted octanol–water partition coefficient (Wildman–Crippen LogP) is 0.383. The highest BCUT2D eigenvalue weighted by Crippen LogP contribution is 2.23. The van der Waals surface area contributed by atoms with Gasteiger partial charge in [0.1, 0.15) is 0 Å². The Morgan fingerprint density at radius 3 is 2.65 bits per heavy atom. The SMILES string of the molecule is COC(=O)C(C)(C)CN1CCCC(C(N)=O)C1. The van der Waals surface area contributed by atoms with Crippen LogP contribution in [0.15, 0.2) is 0 Å². The van der Waals surface area contributed by atoms with E-state index in [9.17, 15) is 9.59 Å². The molecule has 1 saturated heterocycles. The summed E-state index contributed by atoms with van der Waals surface area (Å²) >= 11 is 0. The number of rotatable bonds is 4. The van der Waals surface area contributed by atoms with Crippen LogP contribution in [0.1, 0.15) is 26.7 Å². The van der Waals surface area contributed by atoms with E-state index in [2.05, 4.69) is 4.90 Å². The number of ether oxygens (including phenoxy) is 1. The Bertz CT molecular complexity index is 302. The van der Waals surface area contributed by atoms with Gasteiger partial charge in [-0.2, -0.15) is 0 Å². The lowest BCUT2D eigenvalue weighted by Crippen LogP contribution is -2.46. The fourth-order valence-corrected chi connectivity index (χ4v) is 2.33. The molecule has 1 aliphatic heterocycles. The van der Waals surface area contributed by atoms with E-state index in [0.29, 0.717) is 13.1 Å². The molecular weight excluding hydrogens is 220 g/mol. The van der Waals surface area contributed by atoms with Crippen LogP contribution in [-0.2, 0) is 14.3 Å². The van der Waals surface area contributed by atoms with Crippen LogP contribution in [0.4, 0.5) is 0 Å². The summed E-state index contributed by atoms with van der Waals surface area (Å²) in [5, 5.41) is 0. The van der Waals surface area contributed by atoms with Crippen LogP contribution >= 0.6 is 0 Å². The molecule has 1 rings (SSSR count). The third-order valence-corrected chi connectivity index (χ3v) is 3.26. The number of hydrogen-bond acceptors (Lipinski definition) is 4. The van der Waals surface area contributed by atoms with Gasteiger partial charge < -0.3 is 15.4 Å². The highest BCUT2D eigenvalue weighted by molar-refractivity contribution is 5.77. The number of amides is 1. The zero-order valence-electron chi connectivity index (χ0n) is 10.9. The molecule has 0 saturated carbocycles. The highest BCUT2D eigenvalue weighted by Gasteiger charge is 2.33. The number of carbonyl (C=O) groups excluding carboxylic acids is 2. The third kappa shape index (κ3) is 3.70. The van der Waals surface area contributed by atoms with Crippen molar-refractivity contribution in [3.05, 3.63) is 0 Å². The van der Waals surface area contributed by atoms with Crippen molar-refractivity contribution in [2.24, 2.45) is 17.1 Å². The van der Waals surface area contributed by atoms with Crippen molar-refractivity contribution in [2.75, 3.05) is 26.7 Å². The van der Waals surface area contributed by atoms with Gasteiger partial charge >= 0.3 is 5.97 Å². The molecule has 0 bridgehead atoms. The number of primary amides is 1. The van der Waals surface area contributed by atoms with Gasteiger partial charge in [-0.15, -0.1) is 0 Å². The fourth-order valence-electron chi connectivity index (χ4n) is 2.33. The molecule has 0 aliphatic carbocycles. The van der Waals surface area contributed by atoms with E-state index >= 15 is 0 Å². The minimum Gasteiger partial charge on any atom is -0.469 e. The van der Waals surface area contributed by atoms with E-state index in [1.165, 1.54) is 7.11 Å².